The molecule has 0 aliphatic carbocycles. The summed E-state index contributed by atoms with van der Waals surface area (Å²) in [5.41, 5.74) is 2.57. The van der Waals surface area contributed by atoms with Crippen LogP contribution in [0.3, 0.4) is 0 Å². The Morgan fingerprint density at radius 2 is 1.81 bits per heavy atom. The van der Waals surface area contributed by atoms with Crippen molar-refractivity contribution < 1.29 is 9.18 Å². The van der Waals surface area contributed by atoms with Gasteiger partial charge in [0, 0.05) is 17.1 Å². The van der Waals surface area contributed by atoms with Gasteiger partial charge in [0.1, 0.15) is 5.82 Å². The average Bonchev–Trinajstić information content (AvgIpc) is 2.48. The highest BCUT2D eigenvalue weighted by Gasteiger charge is 2.19. The van der Waals surface area contributed by atoms with E-state index < -0.39 is 0 Å². The second-order valence-electron chi connectivity index (χ2n) is 5.11. The number of hydrogen-bond donors (Lipinski definition) is 0. The number of carbonyl (C=O) groups is 1. The van der Waals surface area contributed by atoms with Crippen molar-refractivity contribution in [2.24, 2.45) is 0 Å². The van der Waals surface area contributed by atoms with Gasteiger partial charge < -0.3 is 4.90 Å². The van der Waals surface area contributed by atoms with Crippen LogP contribution >= 0.6 is 15.9 Å². The molecule has 110 valence electrons. The summed E-state index contributed by atoms with van der Waals surface area (Å²) in [5, 5.41) is 0. The first-order valence-electron chi connectivity index (χ1n) is 6.69. The predicted octanol–water partition coefficient (Wildman–Crippen LogP) is 4.73. The highest BCUT2D eigenvalue weighted by atomic mass is 79.9. The van der Waals surface area contributed by atoms with E-state index in [9.17, 15) is 9.18 Å². The number of rotatable bonds is 3. The van der Waals surface area contributed by atoms with E-state index in [1.54, 1.807) is 30.1 Å². The molecule has 0 saturated heterocycles. The number of hydrogen-bond acceptors (Lipinski definition) is 1. The summed E-state index contributed by atoms with van der Waals surface area (Å²) in [4.78, 5) is 14.2. The first-order chi connectivity index (χ1) is 9.90. The molecule has 2 rings (SSSR count). The molecule has 0 aliphatic rings. The van der Waals surface area contributed by atoms with Gasteiger partial charge in [-0.3, -0.25) is 4.79 Å². The average molecular weight is 350 g/mol. The van der Waals surface area contributed by atoms with Crippen molar-refractivity contribution in [2.75, 3.05) is 7.05 Å². The van der Waals surface area contributed by atoms with Crippen LogP contribution in [0.25, 0.3) is 0 Å². The Morgan fingerprint density at radius 1 is 1.19 bits per heavy atom. The standard InChI is InChI=1S/C17H17BrFNO/c1-11-10-14(6-9-16(11)18)17(21)20(3)12(2)13-4-7-15(19)8-5-13/h4-10,12H,1-3H3. The maximum Gasteiger partial charge on any atom is 0.254 e. The number of aryl methyl sites for hydroxylation is 1. The Hall–Kier alpha value is -1.68. The third kappa shape index (κ3) is 3.50. The molecule has 0 saturated carbocycles. The highest BCUT2D eigenvalue weighted by Crippen LogP contribution is 2.23. The van der Waals surface area contributed by atoms with E-state index >= 15 is 0 Å². The molecule has 0 bridgehead atoms. The van der Waals surface area contributed by atoms with Crippen LogP contribution in [0.15, 0.2) is 46.9 Å². The predicted molar refractivity (Wildman–Crippen MR) is 85.8 cm³/mol. The zero-order chi connectivity index (χ0) is 15.6. The van der Waals surface area contributed by atoms with E-state index in [1.807, 2.05) is 26.0 Å². The number of halogens is 2. The molecule has 2 nitrogen and oxygen atoms in total. The van der Waals surface area contributed by atoms with Crippen LogP contribution in [0, 0.1) is 12.7 Å². The van der Waals surface area contributed by atoms with E-state index in [2.05, 4.69) is 15.9 Å². The topological polar surface area (TPSA) is 20.3 Å². The minimum Gasteiger partial charge on any atom is -0.335 e. The number of amides is 1. The van der Waals surface area contributed by atoms with Crippen molar-refractivity contribution in [3.63, 3.8) is 0 Å². The summed E-state index contributed by atoms with van der Waals surface area (Å²) in [7, 11) is 1.76. The summed E-state index contributed by atoms with van der Waals surface area (Å²) < 4.78 is 14.0. The molecule has 0 aliphatic heterocycles. The van der Waals surface area contributed by atoms with Crippen LogP contribution in [0.2, 0.25) is 0 Å². The first kappa shape index (κ1) is 15.7. The molecule has 0 N–H and O–H groups in total. The molecule has 0 aromatic heterocycles. The molecule has 1 unspecified atom stereocenters. The van der Waals surface area contributed by atoms with E-state index in [4.69, 9.17) is 0 Å². The summed E-state index contributed by atoms with van der Waals surface area (Å²) >= 11 is 3.43. The number of benzene rings is 2. The lowest BCUT2D eigenvalue weighted by Gasteiger charge is -2.25. The lowest BCUT2D eigenvalue weighted by molar-refractivity contribution is 0.0742. The van der Waals surface area contributed by atoms with Gasteiger partial charge in [-0.25, -0.2) is 4.39 Å². The lowest BCUT2D eigenvalue weighted by atomic mass is 10.1. The van der Waals surface area contributed by atoms with Gasteiger partial charge in [0.2, 0.25) is 0 Å². The minimum atomic E-state index is -0.275. The summed E-state index contributed by atoms with van der Waals surface area (Å²) in [6.45, 7) is 3.88. The Kier molecular flexibility index (Phi) is 4.78. The second kappa shape index (κ2) is 6.39. The van der Waals surface area contributed by atoms with Gasteiger partial charge in [0.25, 0.3) is 5.91 Å². The van der Waals surface area contributed by atoms with Crippen molar-refractivity contribution in [1.29, 1.82) is 0 Å². The van der Waals surface area contributed by atoms with Crippen LogP contribution in [0.4, 0.5) is 4.39 Å². The van der Waals surface area contributed by atoms with Gasteiger partial charge >= 0.3 is 0 Å². The van der Waals surface area contributed by atoms with Crippen molar-refractivity contribution in [3.05, 3.63) is 69.4 Å². The third-order valence-corrected chi connectivity index (χ3v) is 4.55. The van der Waals surface area contributed by atoms with Crippen LogP contribution < -0.4 is 0 Å². The van der Waals surface area contributed by atoms with Crippen molar-refractivity contribution in [3.8, 4) is 0 Å². The van der Waals surface area contributed by atoms with E-state index in [0.717, 1.165) is 15.6 Å². The molecule has 0 heterocycles. The molecule has 4 heteroatoms. The van der Waals surface area contributed by atoms with Gasteiger partial charge in [0.15, 0.2) is 0 Å². The molecule has 2 aromatic carbocycles. The van der Waals surface area contributed by atoms with Gasteiger partial charge in [-0.1, -0.05) is 28.1 Å². The molecule has 2 aromatic rings. The lowest BCUT2D eigenvalue weighted by Crippen LogP contribution is -2.29. The van der Waals surface area contributed by atoms with Gasteiger partial charge in [0.05, 0.1) is 6.04 Å². The molecule has 1 amide bonds. The summed E-state index contributed by atoms with van der Waals surface area (Å²) in [5.74, 6) is -0.328. The maximum atomic E-state index is 13.0. The van der Waals surface area contributed by atoms with Crippen LogP contribution in [-0.4, -0.2) is 17.9 Å². The molecular formula is C17H17BrFNO. The summed E-state index contributed by atoms with van der Waals surface area (Å²) in [6, 6.07) is 11.6. The van der Waals surface area contributed by atoms with Gasteiger partial charge in [-0.05, 0) is 55.3 Å². The van der Waals surface area contributed by atoms with Crippen LogP contribution in [-0.2, 0) is 0 Å². The van der Waals surface area contributed by atoms with E-state index in [1.165, 1.54) is 12.1 Å². The number of carbonyl (C=O) groups excluding carboxylic acids is 1. The zero-order valence-electron chi connectivity index (χ0n) is 12.2. The van der Waals surface area contributed by atoms with Gasteiger partial charge in [-0.2, -0.15) is 0 Å². The quantitative estimate of drug-likeness (QED) is 0.784. The smallest absolute Gasteiger partial charge is 0.254 e. The van der Waals surface area contributed by atoms with Crippen molar-refractivity contribution in [1.82, 2.24) is 4.90 Å². The zero-order valence-corrected chi connectivity index (χ0v) is 13.8. The molecule has 0 fully saturated rings. The molecule has 1 atom stereocenters. The Labute approximate surface area is 132 Å². The number of nitrogens with zero attached hydrogens (tertiary/aromatic N) is 1. The largest absolute Gasteiger partial charge is 0.335 e. The minimum absolute atomic E-state index is 0.0533. The Balaban J connectivity index is 2.21. The monoisotopic (exact) mass is 349 g/mol. The van der Waals surface area contributed by atoms with Crippen molar-refractivity contribution >= 4 is 21.8 Å². The summed E-state index contributed by atoms with van der Waals surface area (Å²) in [6.07, 6.45) is 0. The fourth-order valence-corrected chi connectivity index (χ4v) is 2.37. The highest BCUT2D eigenvalue weighted by molar-refractivity contribution is 9.10. The Morgan fingerprint density at radius 3 is 2.38 bits per heavy atom. The first-order valence-corrected chi connectivity index (χ1v) is 7.48. The SMILES string of the molecule is Cc1cc(C(=O)N(C)C(C)c2ccc(F)cc2)ccc1Br. The van der Waals surface area contributed by atoms with Crippen LogP contribution in [0.1, 0.15) is 34.5 Å². The van der Waals surface area contributed by atoms with Gasteiger partial charge in [-0.15, -0.1) is 0 Å². The normalized spacial score (nSPS) is 12.0. The van der Waals surface area contributed by atoms with Crippen LogP contribution in [0.5, 0.6) is 0 Å². The molecule has 0 radical (unpaired) electrons. The molecular weight excluding hydrogens is 333 g/mol. The third-order valence-electron chi connectivity index (χ3n) is 3.66. The maximum absolute atomic E-state index is 13.0. The Bertz CT molecular complexity index is 654. The molecule has 0 spiro atoms. The second-order valence-corrected chi connectivity index (χ2v) is 5.96. The fourth-order valence-electron chi connectivity index (χ4n) is 2.12. The van der Waals surface area contributed by atoms with E-state index in [-0.39, 0.29) is 17.8 Å². The van der Waals surface area contributed by atoms with E-state index in [0.29, 0.717) is 5.56 Å². The molecule has 21 heavy (non-hydrogen) atoms. The van der Waals surface area contributed by atoms with Crippen molar-refractivity contribution in [2.45, 2.75) is 19.9 Å². The fraction of sp³-hybridized carbons (Fsp3) is 0.235.